The number of rotatable bonds is 55. The Balaban J connectivity index is 1.70. The number of nitrogens with one attached hydrogen (secondary N) is 1. The molecular weight excluding hydrogens is 991 g/mol. The van der Waals surface area contributed by atoms with E-state index in [1.807, 2.05) is 0 Å². The van der Waals surface area contributed by atoms with E-state index in [1.54, 1.807) is 0 Å². The first-order valence-electron chi connectivity index (χ1n) is 33.3. The van der Waals surface area contributed by atoms with Gasteiger partial charge >= 0.3 is 0 Å². The molecule has 14 heteroatoms. The molecule has 0 spiro atoms. The maximum Gasteiger partial charge on any atom is 0.220 e. The number of ether oxygens (including phenoxy) is 4. The van der Waals surface area contributed by atoms with E-state index in [4.69, 9.17) is 18.9 Å². The van der Waals surface area contributed by atoms with E-state index in [2.05, 4.69) is 19.2 Å². The van der Waals surface area contributed by atoms with Crippen LogP contribution in [0.3, 0.4) is 0 Å². The molecule has 464 valence electrons. The van der Waals surface area contributed by atoms with E-state index < -0.39 is 86.8 Å². The van der Waals surface area contributed by atoms with Gasteiger partial charge in [-0.2, -0.15) is 0 Å². The van der Waals surface area contributed by atoms with E-state index in [-0.39, 0.29) is 12.5 Å². The molecule has 2 heterocycles. The highest BCUT2D eigenvalue weighted by Crippen LogP contribution is 2.30. The van der Waals surface area contributed by atoms with Crippen molar-refractivity contribution in [2.24, 2.45) is 0 Å². The lowest BCUT2D eigenvalue weighted by atomic mass is 9.97. The zero-order valence-electron chi connectivity index (χ0n) is 50.2. The molecular formula is C64H125NO13. The minimum Gasteiger partial charge on any atom is -0.394 e. The van der Waals surface area contributed by atoms with Crippen molar-refractivity contribution >= 4 is 5.91 Å². The highest BCUT2D eigenvalue weighted by molar-refractivity contribution is 5.76. The molecule has 0 aromatic heterocycles. The molecule has 1 amide bonds. The number of hydrogen-bond donors (Lipinski definition) is 9. The Kier molecular flexibility index (Phi) is 47.3. The second-order valence-electron chi connectivity index (χ2n) is 24.0. The molecule has 2 rings (SSSR count). The van der Waals surface area contributed by atoms with Gasteiger partial charge in [0.15, 0.2) is 12.6 Å². The molecule has 0 saturated carbocycles. The van der Waals surface area contributed by atoms with Crippen LogP contribution < -0.4 is 5.32 Å². The fourth-order valence-electron chi connectivity index (χ4n) is 11.5. The van der Waals surface area contributed by atoms with Crippen molar-refractivity contribution in [3.8, 4) is 0 Å². The first-order valence-corrected chi connectivity index (χ1v) is 33.3. The van der Waals surface area contributed by atoms with Gasteiger partial charge in [0.05, 0.1) is 32.0 Å². The Hall–Kier alpha value is -1.01. The van der Waals surface area contributed by atoms with Crippen molar-refractivity contribution in [2.45, 2.75) is 383 Å². The van der Waals surface area contributed by atoms with Gasteiger partial charge < -0.3 is 65.1 Å². The summed E-state index contributed by atoms with van der Waals surface area (Å²) in [5.41, 5.74) is 0. The molecule has 0 bridgehead atoms. The average Bonchev–Trinajstić information content (AvgIpc) is 3.48. The van der Waals surface area contributed by atoms with Crippen molar-refractivity contribution in [3.63, 3.8) is 0 Å². The van der Waals surface area contributed by atoms with Crippen LogP contribution in [0, 0.1) is 0 Å². The van der Waals surface area contributed by atoms with Crippen molar-refractivity contribution in [1.29, 1.82) is 0 Å². The summed E-state index contributed by atoms with van der Waals surface area (Å²) < 4.78 is 22.9. The van der Waals surface area contributed by atoms with Gasteiger partial charge in [-0.15, -0.1) is 0 Å². The van der Waals surface area contributed by atoms with Crippen LogP contribution in [0.5, 0.6) is 0 Å². The minimum absolute atomic E-state index is 0.198. The third-order valence-electron chi connectivity index (χ3n) is 16.8. The number of aliphatic hydroxyl groups is 8. The number of hydrogen-bond acceptors (Lipinski definition) is 13. The van der Waals surface area contributed by atoms with E-state index in [0.717, 1.165) is 51.4 Å². The normalized spacial score (nSPS) is 24.4. The lowest BCUT2D eigenvalue weighted by molar-refractivity contribution is -0.359. The number of amides is 1. The Morgan fingerprint density at radius 1 is 0.410 bits per heavy atom. The molecule has 0 radical (unpaired) electrons. The zero-order valence-corrected chi connectivity index (χ0v) is 50.2. The smallest absolute Gasteiger partial charge is 0.220 e. The first-order chi connectivity index (χ1) is 38.1. The fourth-order valence-corrected chi connectivity index (χ4v) is 11.5. The number of unbranched alkanes of at least 4 members (excludes halogenated alkanes) is 42. The van der Waals surface area contributed by atoms with Gasteiger partial charge in [0.25, 0.3) is 0 Å². The van der Waals surface area contributed by atoms with Gasteiger partial charge in [-0.3, -0.25) is 4.79 Å². The highest BCUT2D eigenvalue weighted by atomic mass is 16.7. The zero-order chi connectivity index (χ0) is 56.7. The Morgan fingerprint density at radius 2 is 0.731 bits per heavy atom. The molecule has 14 nitrogen and oxygen atoms in total. The Labute approximate surface area is 476 Å². The summed E-state index contributed by atoms with van der Waals surface area (Å²) in [7, 11) is 0. The molecule has 2 saturated heterocycles. The topological polar surface area (TPSA) is 228 Å². The van der Waals surface area contributed by atoms with E-state index >= 15 is 0 Å². The standard InChI is InChI=1S/C64H125NO13/c1-3-5-7-9-11-13-15-17-19-21-23-25-26-28-29-31-33-35-37-39-41-43-45-47-53(68)52(51-75-63-61(74)59(72)62(55(50-67)77-63)78-64-60(73)58(71)57(70)54(49-66)76-64)65-56(69)48-46-44-42-40-38-36-34-32-30-27-24-22-20-18-16-14-12-10-8-6-4-2/h52-55,57-64,66-68,70-74H,3-51H2,1-2H3,(H,65,69). The summed E-state index contributed by atoms with van der Waals surface area (Å²) in [6.45, 7) is 2.92. The van der Waals surface area contributed by atoms with Crippen molar-refractivity contribution < 1.29 is 64.6 Å². The van der Waals surface area contributed by atoms with Gasteiger partial charge in [0, 0.05) is 6.42 Å². The largest absolute Gasteiger partial charge is 0.394 e. The maximum absolute atomic E-state index is 13.3. The predicted molar refractivity (Wildman–Crippen MR) is 314 cm³/mol. The Morgan fingerprint density at radius 3 is 1.09 bits per heavy atom. The maximum atomic E-state index is 13.3. The third kappa shape index (κ3) is 35.2. The fraction of sp³-hybridized carbons (Fsp3) is 0.984. The van der Waals surface area contributed by atoms with Gasteiger partial charge in [-0.1, -0.05) is 290 Å². The highest BCUT2D eigenvalue weighted by Gasteiger charge is 2.51. The molecule has 2 aliphatic heterocycles. The minimum atomic E-state index is -1.78. The van der Waals surface area contributed by atoms with Gasteiger partial charge in [0.2, 0.25) is 5.91 Å². The number of carbonyl (C=O) groups is 1. The van der Waals surface area contributed by atoms with Crippen molar-refractivity contribution in [3.05, 3.63) is 0 Å². The van der Waals surface area contributed by atoms with Gasteiger partial charge in [-0.05, 0) is 12.8 Å². The molecule has 9 N–H and O–H groups in total. The summed E-state index contributed by atoms with van der Waals surface area (Å²) >= 11 is 0. The molecule has 12 unspecified atom stereocenters. The molecule has 2 fully saturated rings. The second-order valence-corrected chi connectivity index (χ2v) is 24.0. The van der Waals surface area contributed by atoms with Crippen molar-refractivity contribution in [2.75, 3.05) is 19.8 Å². The van der Waals surface area contributed by atoms with Crippen LogP contribution in [-0.4, -0.2) is 140 Å². The number of carbonyl (C=O) groups excluding carboxylic acids is 1. The predicted octanol–water partition coefficient (Wildman–Crippen LogP) is 12.5. The van der Waals surface area contributed by atoms with E-state index in [9.17, 15) is 45.6 Å². The SMILES string of the molecule is CCCCCCCCCCCCCCCCCCCCCCCCCC(O)C(COC1OC(CO)C(OC2OC(CO)C(O)C(O)C2O)C(O)C1O)NC(=O)CCCCCCCCCCCCCCCCCCCCCCC. The van der Waals surface area contributed by atoms with Crippen LogP contribution in [0.25, 0.3) is 0 Å². The molecule has 0 aromatic carbocycles. The van der Waals surface area contributed by atoms with E-state index in [1.165, 1.54) is 231 Å². The van der Waals surface area contributed by atoms with Gasteiger partial charge in [-0.25, -0.2) is 0 Å². The van der Waals surface area contributed by atoms with Crippen LogP contribution >= 0.6 is 0 Å². The summed E-state index contributed by atoms with van der Waals surface area (Å²) in [4.78, 5) is 13.3. The van der Waals surface area contributed by atoms with E-state index in [0.29, 0.717) is 12.8 Å². The lowest BCUT2D eigenvalue weighted by Crippen LogP contribution is -2.65. The van der Waals surface area contributed by atoms with Crippen LogP contribution in [0.1, 0.15) is 309 Å². The van der Waals surface area contributed by atoms with Crippen molar-refractivity contribution in [1.82, 2.24) is 5.32 Å². The summed E-state index contributed by atoms with van der Waals surface area (Å²) in [5, 5.41) is 87.5. The van der Waals surface area contributed by atoms with Crippen LogP contribution in [-0.2, 0) is 23.7 Å². The van der Waals surface area contributed by atoms with Crippen LogP contribution in [0.2, 0.25) is 0 Å². The second kappa shape index (κ2) is 50.5. The summed E-state index contributed by atoms with van der Waals surface area (Å²) in [6, 6.07) is -0.823. The van der Waals surface area contributed by atoms with Crippen LogP contribution in [0.4, 0.5) is 0 Å². The molecule has 12 atom stereocenters. The monoisotopic (exact) mass is 1120 g/mol. The number of aliphatic hydroxyl groups excluding tert-OH is 8. The molecule has 78 heavy (non-hydrogen) atoms. The Bertz CT molecular complexity index is 1310. The first kappa shape index (κ1) is 73.1. The third-order valence-corrected chi connectivity index (χ3v) is 16.8. The van der Waals surface area contributed by atoms with Crippen LogP contribution in [0.15, 0.2) is 0 Å². The molecule has 0 aliphatic carbocycles. The average molecular weight is 1120 g/mol. The van der Waals surface area contributed by atoms with Gasteiger partial charge in [0.1, 0.15) is 48.8 Å². The lowest BCUT2D eigenvalue weighted by Gasteiger charge is -2.46. The quantitative estimate of drug-likeness (QED) is 0.0259. The molecule has 2 aliphatic rings. The molecule has 0 aromatic rings. The summed E-state index contributed by atoms with van der Waals surface area (Å²) in [5.74, 6) is -0.198. The summed E-state index contributed by atoms with van der Waals surface area (Å²) in [6.07, 6.45) is 41.1.